The van der Waals surface area contributed by atoms with E-state index >= 15 is 0 Å². The van der Waals surface area contributed by atoms with Crippen molar-refractivity contribution in [3.05, 3.63) is 152 Å². The molecule has 10 aromatic rings. The Labute approximate surface area is 263 Å². The highest BCUT2D eigenvalue weighted by Crippen LogP contribution is 2.39. The normalized spacial score (nSPS) is 11.9. The van der Waals surface area contributed by atoms with Crippen LogP contribution in [0.4, 0.5) is 0 Å². The first-order valence-corrected chi connectivity index (χ1v) is 15.5. The summed E-state index contributed by atoms with van der Waals surface area (Å²) in [6.45, 7) is 0. The quantitative estimate of drug-likeness (QED) is 0.207. The second kappa shape index (κ2) is 9.58. The summed E-state index contributed by atoms with van der Waals surface area (Å²) in [5, 5.41) is 4.53. The number of aromatic nitrogens is 5. The van der Waals surface area contributed by atoms with Gasteiger partial charge >= 0.3 is 0 Å². The maximum Gasteiger partial charge on any atom is 0.165 e. The van der Waals surface area contributed by atoms with Gasteiger partial charge in [-0.05, 0) is 77.9 Å². The first-order chi connectivity index (χ1) is 22.8. The Morgan fingerprint density at radius 2 is 0.978 bits per heavy atom. The third-order valence-corrected chi connectivity index (χ3v) is 9.12. The summed E-state index contributed by atoms with van der Waals surface area (Å²) < 4.78 is 4.59. The number of fused-ring (bicyclic) bond motifs is 9. The Bertz CT molecular complexity index is 2770. The van der Waals surface area contributed by atoms with Crippen molar-refractivity contribution in [3.63, 3.8) is 0 Å². The lowest BCUT2D eigenvalue weighted by Gasteiger charge is -2.10. The zero-order valence-corrected chi connectivity index (χ0v) is 24.7. The molecule has 0 N–H and O–H groups in total. The smallest absolute Gasteiger partial charge is 0.165 e. The second-order valence-corrected chi connectivity index (χ2v) is 11.7. The standard InChI is InChI=1S/C41H25N5/c1-3-11-28(12-4-1)45-37-21-19-26(23-31(37)33-25-42-34-16-8-7-15-30(34)40(33)45)27-20-22-38-32(24-27)39-41(46(38)29-13-5-2-6-14-29)44-36-18-10-9-17-35(36)43-39/h1-25H. The highest BCUT2D eigenvalue weighted by Gasteiger charge is 2.19. The van der Waals surface area contributed by atoms with Crippen LogP contribution in [0.25, 0.3) is 88.3 Å². The molecule has 0 aliphatic heterocycles. The van der Waals surface area contributed by atoms with Gasteiger partial charge in [-0.25, -0.2) is 9.97 Å². The molecule has 0 fully saturated rings. The molecule has 0 saturated carbocycles. The molecule has 0 unspecified atom stereocenters. The Kier molecular flexibility index (Phi) is 5.22. The molecule has 5 heteroatoms. The first-order valence-electron chi connectivity index (χ1n) is 15.5. The van der Waals surface area contributed by atoms with E-state index in [2.05, 4.69) is 118 Å². The molecule has 0 aliphatic carbocycles. The maximum atomic E-state index is 5.15. The second-order valence-electron chi connectivity index (χ2n) is 11.7. The van der Waals surface area contributed by atoms with Crippen LogP contribution in [-0.2, 0) is 0 Å². The van der Waals surface area contributed by atoms with Crippen LogP contribution in [0.5, 0.6) is 0 Å². The zero-order chi connectivity index (χ0) is 30.2. The predicted molar refractivity (Wildman–Crippen MR) is 189 cm³/mol. The van der Waals surface area contributed by atoms with E-state index in [1.807, 2.05) is 42.6 Å². The number of para-hydroxylation sites is 5. The number of rotatable bonds is 3. The van der Waals surface area contributed by atoms with E-state index < -0.39 is 0 Å². The summed E-state index contributed by atoms with van der Waals surface area (Å²) >= 11 is 0. The van der Waals surface area contributed by atoms with E-state index in [4.69, 9.17) is 15.0 Å². The van der Waals surface area contributed by atoms with Crippen molar-refractivity contribution in [2.24, 2.45) is 0 Å². The van der Waals surface area contributed by atoms with Gasteiger partial charge < -0.3 is 4.57 Å². The minimum absolute atomic E-state index is 0.858. The summed E-state index contributed by atoms with van der Waals surface area (Å²) in [6.07, 6.45) is 2.03. The first kappa shape index (κ1) is 25.0. The number of hydrogen-bond donors (Lipinski definition) is 0. The average Bonchev–Trinajstić information content (AvgIpc) is 3.63. The monoisotopic (exact) mass is 587 g/mol. The van der Waals surface area contributed by atoms with E-state index in [9.17, 15) is 0 Å². The summed E-state index contributed by atoms with van der Waals surface area (Å²) in [6, 6.07) is 51.0. The molecule has 5 nitrogen and oxygen atoms in total. The van der Waals surface area contributed by atoms with E-state index in [1.54, 1.807) is 0 Å². The van der Waals surface area contributed by atoms with Crippen LogP contribution >= 0.6 is 0 Å². The van der Waals surface area contributed by atoms with Crippen molar-refractivity contribution < 1.29 is 0 Å². The molecule has 0 radical (unpaired) electrons. The average molecular weight is 588 g/mol. The van der Waals surface area contributed by atoms with Crippen molar-refractivity contribution in [2.45, 2.75) is 0 Å². The van der Waals surface area contributed by atoms with Crippen molar-refractivity contribution in [2.75, 3.05) is 0 Å². The van der Waals surface area contributed by atoms with Crippen LogP contribution in [0.2, 0.25) is 0 Å². The largest absolute Gasteiger partial charge is 0.309 e. The van der Waals surface area contributed by atoms with Crippen LogP contribution in [0.15, 0.2) is 152 Å². The molecule has 6 aromatic carbocycles. The molecule has 0 saturated heterocycles. The predicted octanol–water partition coefficient (Wildman–Crippen LogP) is 10.0. The van der Waals surface area contributed by atoms with Crippen LogP contribution < -0.4 is 0 Å². The lowest BCUT2D eigenvalue weighted by Crippen LogP contribution is -1.96. The fourth-order valence-electron chi connectivity index (χ4n) is 7.04. The fourth-order valence-corrected chi connectivity index (χ4v) is 7.04. The van der Waals surface area contributed by atoms with Crippen molar-refractivity contribution in [1.29, 1.82) is 0 Å². The van der Waals surface area contributed by atoms with Crippen molar-refractivity contribution >= 4 is 65.8 Å². The number of hydrogen-bond acceptors (Lipinski definition) is 3. The van der Waals surface area contributed by atoms with Gasteiger partial charge in [0.25, 0.3) is 0 Å². The Morgan fingerprint density at radius 1 is 0.413 bits per heavy atom. The Hall–Kier alpha value is -6.33. The molecule has 4 heterocycles. The van der Waals surface area contributed by atoms with Gasteiger partial charge in [0.1, 0.15) is 5.52 Å². The molecule has 0 aliphatic rings. The molecule has 0 amide bonds. The van der Waals surface area contributed by atoms with Gasteiger partial charge in [-0.3, -0.25) is 9.55 Å². The summed E-state index contributed by atoms with van der Waals surface area (Å²) in [4.78, 5) is 15.1. The van der Waals surface area contributed by atoms with Crippen LogP contribution in [0, 0.1) is 0 Å². The topological polar surface area (TPSA) is 48.5 Å². The SMILES string of the molecule is c1ccc(-n2c3ccc(-c4ccc5c(c4)c4cnc6ccccc6c4n5-c4ccccc4)cc3c3nc4ccccc4nc32)cc1. The summed E-state index contributed by atoms with van der Waals surface area (Å²) in [5.74, 6) is 0. The van der Waals surface area contributed by atoms with Crippen LogP contribution in [0.1, 0.15) is 0 Å². The van der Waals surface area contributed by atoms with Crippen molar-refractivity contribution in [1.82, 2.24) is 24.1 Å². The highest BCUT2D eigenvalue weighted by atomic mass is 15.1. The van der Waals surface area contributed by atoms with Gasteiger partial charge in [-0.1, -0.05) is 78.9 Å². The van der Waals surface area contributed by atoms with Crippen molar-refractivity contribution in [3.8, 4) is 22.5 Å². The van der Waals surface area contributed by atoms with E-state index in [-0.39, 0.29) is 0 Å². The summed E-state index contributed by atoms with van der Waals surface area (Å²) in [7, 11) is 0. The van der Waals surface area contributed by atoms with E-state index in [0.29, 0.717) is 0 Å². The Balaban J connectivity index is 1.25. The van der Waals surface area contributed by atoms with Gasteiger partial charge in [0.05, 0.1) is 33.1 Å². The molecule has 10 rings (SSSR count). The molecule has 46 heavy (non-hydrogen) atoms. The van der Waals surface area contributed by atoms with E-state index in [1.165, 1.54) is 10.9 Å². The van der Waals surface area contributed by atoms with E-state index in [0.717, 1.165) is 77.4 Å². The zero-order valence-electron chi connectivity index (χ0n) is 24.7. The number of pyridine rings is 1. The van der Waals surface area contributed by atoms with Crippen LogP contribution in [0.3, 0.4) is 0 Å². The molecule has 0 bridgehead atoms. The molecular weight excluding hydrogens is 562 g/mol. The van der Waals surface area contributed by atoms with Gasteiger partial charge in [0.15, 0.2) is 5.65 Å². The van der Waals surface area contributed by atoms with Gasteiger partial charge in [0.2, 0.25) is 0 Å². The number of benzene rings is 6. The van der Waals surface area contributed by atoms with Gasteiger partial charge in [-0.15, -0.1) is 0 Å². The maximum absolute atomic E-state index is 5.15. The van der Waals surface area contributed by atoms with Gasteiger partial charge in [-0.2, -0.15) is 0 Å². The lowest BCUT2D eigenvalue weighted by atomic mass is 10.0. The molecule has 4 aromatic heterocycles. The molecule has 0 atom stereocenters. The summed E-state index contributed by atoms with van der Waals surface area (Å²) in [5.41, 5.74) is 12.4. The highest BCUT2D eigenvalue weighted by molar-refractivity contribution is 6.18. The van der Waals surface area contributed by atoms with Crippen LogP contribution in [-0.4, -0.2) is 24.1 Å². The molecular formula is C41H25N5. The minimum Gasteiger partial charge on any atom is -0.309 e. The van der Waals surface area contributed by atoms with Gasteiger partial charge in [0, 0.05) is 39.1 Å². The Morgan fingerprint density at radius 3 is 1.70 bits per heavy atom. The minimum atomic E-state index is 0.858. The molecule has 214 valence electrons. The number of nitrogens with zero attached hydrogens (tertiary/aromatic N) is 5. The third-order valence-electron chi connectivity index (χ3n) is 9.12. The molecule has 0 spiro atoms. The third kappa shape index (κ3) is 3.60. The lowest BCUT2D eigenvalue weighted by molar-refractivity contribution is 1.14. The fraction of sp³-hybridized carbons (Fsp3) is 0.